The van der Waals surface area contributed by atoms with E-state index in [1.165, 1.54) is 28.1 Å². The average Bonchev–Trinajstić information content (AvgIpc) is 3.18. The number of nitro groups is 1. The summed E-state index contributed by atoms with van der Waals surface area (Å²) in [5.41, 5.74) is 2.46. The van der Waals surface area contributed by atoms with Crippen LogP contribution in [0.5, 0.6) is 0 Å². The first kappa shape index (κ1) is 13.8. The third kappa shape index (κ3) is 3.28. The van der Waals surface area contributed by atoms with Crippen LogP contribution in [0, 0.1) is 17.0 Å². The van der Waals surface area contributed by atoms with E-state index in [0.717, 1.165) is 19.4 Å². The Kier molecular flexibility index (Phi) is 3.70. The molecule has 1 fully saturated rings. The minimum absolute atomic E-state index is 0.0462. The predicted molar refractivity (Wildman–Crippen MR) is 78.6 cm³/mol. The van der Waals surface area contributed by atoms with Crippen molar-refractivity contribution < 1.29 is 4.92 Å². The van der Waals surface area contributed by atoms with Crippen molar-refractivity contribution in [3.05, 3.63) is 57.8 Å². The Morgan fingerprint density at radius 2 is 2.24 bits per heavy atom. The first-order chi connectivity index (χ1) is 10.1. The number of rotatable bonds is 6. The summed E-state index contributed by atoms with van der Waals surface area (Å²) in [6.07, 6.45) is 3.79. The molecule has 2 aromatic rings. The van der Waals surface area contributed by atoms with Gasteiger partial charge in [-0.1, -0.05) is 34.9 Å². The first-order valence-electron chi connectivity index (χ1n) is 7.09. The zero-order valence-corrected chi connectivity index (χ0v) is 12.0. The summed E-state index contributed by atoms with van der Waals surface area (Å²) in [5.74, 6) is 0.0462. The maximum Gasteiger partial charge on any atom is 0.346 e. The van der Waals surface area contributed by atoms with Crippen molar-refractivity contribution >= 4 is 5.82 Å². The minimum atomic E-state index is -0.384. The van der Waals surface area contributed by atoms with E-state index in [9.17, 15) is 10.1 Å². The molecular weight excluding hydrogens is 268 g/mol. The van der Waals surface area contributed by atoms with Crippen LogP contribution >= 0.6 is 0 Å². The van der Waals surface area contributed by atoms with Crippen molar-refractivity contribution in [2.24, 2.45) is 0 Å². The molecule has 1 aliphatic carbocycles. The van der Waals surface area contributed by atoms with Crippen molar-refractivity contribution in [1.82, 2.24) is 14.7 Å². The van der Waals surface area contributed by atoms with Crippen LogP contribution in [0.1, 0.15) is 24.0 Å². The van der Waals surface area contributed by atoms with Gasteiger partial charge in [0.05, 0.1) is 12.3 Å². The van der Waals surface area contributed by atoms with Crippen LogP contribution in [-0.2, 0) is 13.2 Å². The smallest absolute Gasteiger partial charge is 0.346 e. The van der Waals surface area contributed by atoms with E-state index in [0.29, 0.717) is 12.7 Å². The van der Waals surface area contributed by atoms with Gasteiger partial charge in [0.15, 0.2) is 6.67 Å². The van der Waals surface area contributed by atoms with E-state index < -0.39 is 0 Å². The van der Waals surface area contributed by atoms with Gasteiger partial charge >= 0.3 is 5.82 Å². The molecule has 6 heteroatoms. The monoisotopic (exact) mass is 286 g/mol. The van der Waals surface area contributed by atoms with E-state index in [1.807, 2.05) is 6.07 Å². The normalized spacial score (nSPS) is 14.6. The van der Waals surface area contributed by atoms with E-state index in [1.54, 1.807) is 0 Å². The molecular formula is C15H18N4O2. The lowest BCUT2D eigenvalue weighted by Gasteiger charge is -2.20. The summed E-state index contributed by atoms with van der Waals surface area (Å²) < 4.78 is 1.47. The lowest BCUT2D eigenvalue weighted by Crippen LogP contribution is -2.29. The van der Waals surface area contributed by atoms with Crippen LogP contribution in [0.15, 0.2) is 36.5 Å². The number of hydrogen-bond acceptors (Lipinski definition) is 4. The molecule has 21 heavy (non-hydrogen) atoms. The molecule has 3 rings (SSSR count). The lowest BCUT2D eigenvalue weighted by atomic mass is 10.1. The second-order valence-electron chi connectivity index (χ2n) is 5.55. The zero-order chi connectivity index (χ0) is 14.8. The highest BCUT2D eigenvalue weighted by molar-refractivity contribution is 5.22. The molecule has 0 atom stereocenters. The van der Waals surface area contributed by atoms with Crippen molar-refractivity contribution in [1.29, 1.82) is 0 Å². The molecule has 1 aromatic carbocycles. The Morgan fingerprint density at radius 3 is 2.90 bits per heavy atom. The maximum absolute atomic E-state index is 11.0. The van der Waals surface area contributed by atoms with Crippen LogP contribution in [0.2, 0.25) is 0 Å². The Morgan fingerprint density at radius 1 is 1.43 bits per heavy atom. The van der Waals surface area contributed by atoms with Crippen LogP contribution in [0.3, 0.4) is 0 Å². The molecule has 1 saturated carbocycles. The van der Waals surface area contributed by atoms with E-state index in [4.69, 9.17) is 0 Å². The molecule has 0 radical (unpaired) electrons. The maximum atomic E-state index is 11.0. The quantitative estimate of drug-likeness (QED) is 0.605. The largest absolute Gasteiger partial charge is 0.358 e. The molecule has 0 amide bonds. The van der Waals surface area contributed by atoms with Crippen LogP contribution in [0.25, 0.3) is 0 Å². The zero-order valence-electron chi connectivity index (χ0n) is 12.0. The van der Waals surface area contributed by atoms with Crippen LogP contribution < -0.4 is 0 Å². The fourth-order valence-electron chi connectivity index (χ4n) is 2.54. The number of aromatic nitrogens is 2. The summed E-state index contributed by atoms with van der Waals surface area (Å²) >= 11 is 0. The molecule has 0 N–H and O–H groups in total. The molecule has 1 heterocycles. The Labute approximate surface area is 123 Å². The molecule has 110 valence electrons. The molecule has 0 aliphatic heterocycles. The van der Waals surface area contributed by atoms with Gasteiger partial charge in [0, 0.05) is 12.6 Å². The van der Waals surface area contributed by atoms with Gasteiger partial charge in [-0.05, 0) is 30.3 Å². The molecule has 0 bridgehead atoms. The van der Waals surface area contributed by atoms with Gasteiger partial charge in [-0.3, -0.25) is 4.90 Å². The van der Waals surface area contributed by atoms with Gasteiger partial charge in [0.2, 0.25) is 0 Å². The highest BCUT2D eigenvalue weighted by Crippen LogP contribution is 2.29. The van der Waals surface area contributed by atoms with E-state index >= 15 is 0 Å². The fourth-order valence-corrected chi connectivity index (χ4v) is 2.54. The number of nitrogens with zero attached hydrogens (tertiary/aromatic N) is 4. The molecule has 6 nitrogen and oxygen atoms in total. The SMILES string of the molecule is Cc1cccc(CN(Cn2nccc2[N+](=O)[O-])C2CC2)c1. The standard InChI is InChI=1S/C15H18N4O2/c1-12-3-2-4-13(9-12)10-17(14-5-6-14)11-18-15(19(20)21)7-8-16-18/h2-4,7-9,14H,5-6,10-11H2,1H3. The van der Waals surface area contributed by atoms with Crippen molar-refractivity contribution in [3.8, 4) is 0 Å². The lowest BCUT2D eigenvalue weighted by molar-refractivity contribution is -0.393. The summed E-state index contributed by atoms with van der Waals surface area (Å²) in [5, 5.41) is 15.1. The summed E-state index contributed by atoms with van der Waals surface area (Å²) in [4.78, 5) is 12.9. The molecule has 1 aromatic heterocycles. The van der Waals surface area contributed by atoms with Crippen molar-refractivity contribution in [2.45, 2.75) is 39.0 Å². The van der Waals surface area contributed by atoms with Gasteiger partial charge in [0.1, 0.15) is 0 Å². The van der Waals surface area contributed by atoms with Gasteiger partial charge in [0.25, 0.3) is 0 Å². The third-order valence-electron chi connectivity index (χ3n) is 3.73. The van der Waals surface area contributed by atoms with Gasteiger partial charge in [-0.25, -0.2) is 0 Å². The Balaban J connectivity index is 1.76. The molecule has 0 spiro atoms. The summed E-state index contributed by atoms with van der Waals surface area (Å²) in [6, 6.07) is 10.3. The molecule has 1 aliphatic rings. The second-order valence-corrected chi connectivity index (χ2v) is 5.55. The van der Waals surface area contributed by atoms with Gasteiger partial charge in [-0.2, -0.15) is 0 Å². The van der Waals surface area contributed by atoms with Crippen molar-refractivity contribution in [3.63, 3.8) is 0 Å². The average molecular weight is 286 g/mol. The molecule has 0 saturated heterocycles. The van der Waals surface area contributed by atoms with Crippen LogP contribution in [-0.4, -0.2) is 25.6 Å². The first-order valence-corrected chi connectivity index (χ1v) is 7.09. The highest BCUT2D eigenvalue weighted by atomic mass is 16.6. The third-order valence-corrected chi connectivity index (χ3v) is 3.73. The van der Waals surface area contributed by atoms with Gasteiger partial charge < -0.3 is 10.1 Å². The Bertz CT molecular complexity index is 649. The topological polar surface area (TPSA) is 64.2 Å². The minimum Gasteiger partial charge on any atom is -0.358 e. The number of benzene rings is 1. The second kappa shape index (κ2) is 5.65. The fraction of sp³-hybridized carbons (Fsp3) is 0.400. The summed E-state index contributed by atoms with van der Waals surface area (Å²) in [6.45, 7) is 3.33. The number of aryl methyl sites for hydroxylation is 1. The molecule has 0 unspecified atom stereocenters. The number of hydrogen-bond donors (Lipinski definition) is 0. The Hall–Kier alpha value is -2.21. The summed E-state index contributed by atoms with van der Waals surface area (Å²) in [7, 11) is 0. The van der Waals surface area contributed by atoms with Crippen molar-refractivity contribution in [2.75, 3.05) is 0 Å². The van der Waals surface area contributed by atoms with Crippen LogP contribution in [0.4, 0.5) is 5.82 Å². The highest BCUT2D eigenvalue weighted by Gasteiger charge is 2.31. The van der Waals surface area contributed by atoms with E-state index in [2.05, 4.69) is 35.1 Å². The van der Waals surface area contributed by atoms with Gasteiger partial charge in [-0.15, -0.1) is 4.68 Å². The predicted octanol–water partition coefficient (Wildman–Crippen LogP) is 2.72. The van der Waals surface area contributed by atoms with E-state index in [-0.39, 0.29) is 10.7 Å².